The zero-order chi connectivity index (χ0) is 32.4. The Kier molecular flexibility index (Phi) is 14.1. The number of pyridine rings is 1. The van der Waals surface area contributed by atoms with Crippen LogP contribution in [-0.2, 0) is 24.2 Å². The zero-order valence-corrected chi connectivity index (χ0v) is 26.6. The molecule has 0 aliphatic carbocycles. The van der Waals surface area contributed by atoms with Gasteiger partial charge in [-0.15, -0.1) is 0 Å². The Balaban J connectivity index is 0.000000853. The fraction of sp³-hybridized carbons (Fsp3) is 0.135. The molecule has 1 N–H and O–H groups in total. The number of methoxy groups -OCH3 is 1. The molecular formula is C37H38N2O5S. The van der Waals surface area contributed by atoms with Crippen LogP contribution in [0.3, 0.4) is 0 Å². The van der Waals surface area contributed by atoms with Crippen molar-refractivity contribution in [3.05, 3.63) is 151 Å². The number of ether oxygens (including phenoxy) is 3. The standard InChI is InChI=1S/C31H26N2O5S.C4H6.C2H6/c1-36-30-18-23(31(34)33-39(35)28-11-3-2-4-12-28)14-15-24(30)20-37-26-9-7-10-27(19-26)38-21-25-17-16-22-8-5-6-13-29(22)32-25;1-3-4-2;1-2/h2-19H,20-21H2,1H3,(H,33,34);3-4H,1-2H2;1-2H3. The molecule has 0 bridgehead atoms. The second kappa shape index (κ2) is 18.5. The van der Waals surface area contributed by atoms with E-state index in [9.17, 15) is 9.00 Å². The van der Waals surface area contributed by atoms with E-state index in [4.69, 9.17) is 14.2 Å². The molecule has 4 aromatic carbocycles. The van der Waals surface area contributed by atoms with E-state index < -0.39 is 16.9 Å². The number of hydrogen-bond acceptors (Lipinski definition) is 6. The highest BCUT2D eigenvalue weighted by Gasteiger charge is 2.14. The molecule has 7 nitrogen and oxygen atoms in total. The molecule has 45 heavy (non-hydrogen) atoms. The number of para-hydroxylation sites is 1. The minimum Gasteiger partial charge on any atom is -0.496 e. The lowest BCUT2D eigenvalue weighted by Crippen LogP contribution is -2.25. The Morgan fingerprint density at radius 3 is 2.16 bits per heavy atom. The van der Waals surface area contributed by atoms with E-state index in [2.05, 4.69) is 22.9 Å². The summed E-state index contributed by atoms with van der Waals surface area (Å²) in [5.74, 6) is 1.31. The van der Waals surface area contributed by atoms with Crippen molar-refractivity contribution in [2.24, 2.45) is 0 Å². The quantitative estimate of drug-likeness (QED) is 0.149. The highest BCUT2D eigenvalue weighted by atomic mass is 32.2. The molecule has 1 atom stereocenters. The summed E-state index contributed by atoms with van der Waals surface area (Å²) in [6.07, 6.45) is 3.28. The molecular weight excluding hydrogens is 584 g/mol. The van der Waals surface area contributed by atoms with Gasteiger partial charge in [-0.25, -0.2) is 9.19 Å². The first kappa shape index (κ1) is 34.3. The molecule has 232 valence electrons. The summed E-state index contributed by atoms with van der Waals surface area (Å²) in [5.41, 5.74) is 2.85. The molecule has 5 rings (SSSR count). The third kappa shape index (κ3) is 10.5. The third-order valence-electron chi connectivity index (χ3n) is 6.10. The van der Waals surface area contributed by atoms with Gasteiger partial charge in [0.05, 0.1) is 23.2 Å². The van der Waals surface area contributed by atoms with Gasteiger partial charge in [0, 0.05) is 22.6 Å². The fourth-order valence-corrected chi connectivity index (χ4v) is 4.72. The SMILES string of the molecule is C=CC=C.CC.COc1cc(C(=O)NS(=O)c2ccccc2)ccc1COc1cccc(OCc2ccc3ccccc3n2)c1. The van der Waals surface area contributed by atoms with Gasteiger partial charge >= 0.3 is 0 Å². The summed E-state index contributed by atoms with van der Waals surface area (Å²) < 4.78 is 32.4. The molecule has 0 aliphatic rings. The molecule has 0 aliphatic heterocycles. The first-order valence-corrected chi connectivity index (χ1v) is 15.5. The van der Waals surface area contributed by atoms with Crippen LogP contribution in [-0.4, -0.2) is 22.2 Å². The van der Waals surface area contributed by atoms with Gasteiger partial charge in [-0.1, -0.05) is 93.8 Å². The minimum absolute atomic E-state index is 0.219. The summed E-state index contributed by atoms with van der Waals surface area (Å²) in [6, 6.07) is 33.1. The van der Waals surface area contributed by atoms with Crippen LogP contribution in [0, 0.1) is 0 Å². The number of nitrogens with zero attached hydrogens (tertiary/aromatic N) is 1. The van der Waals surface area contributed by atoms with Crippen molar-refractivity contribution in [2.75, 3.05) is 7.11 Å². The Bertz CT molecular complexity index is 1720. The van der Waals surface area contributed by atoms with Crippen LogP contribution in [0.15, 0.2) is 139 Å². The normalized spacial score (nSPS) is 10.6. The molecule has 1 unspecified atom stereocenters. The number of rotatable bonds is 11. The van der Waals surface area contributed by atoms with Crippen molar-refractivity contribution in [1.29, 1.82) is 0 Å². The average Bonchev–Trinajstić information content (AvgIpc) is 3.11. The van der Waals surface area contributed by atoms with Crippen molar-refractivity contribution in [1.82, 2.24) is 9.71 Å². The number of allylic oxidation sites excluding steroid dienone is 2. The predicted molar refractivity (Wildman–Crippen MR) is 182 cm³/mol. The second-order valence-corrected chi connectivity index (χ2v) is 10.3. The number of nitrogens with one attached hydrogen (secondary N) is 1. The van der Waals surface area contributed by atoms with Crippen LogP contribution in [0.5, 0.6) is 17.2 Å². The van der Waals surface area contributed by atoms with Gasteiger partial charge in [0.15, 0.2) is 11.0 Å². The molecule has 0 saturated carbocycles. The number of aromatic nitrogens is 1. The van der Waals surface area contributed by atoms with E-state index in [1.807, 2.05) is 80.6 Å². The fourth-order valence-electron chi connectivity index (χ4n) is 3.91. The first-order chi connectivity index (χ1) is 22.0. The monoisotopic (exact) mass is 622 g/mol. The van der Waals surface area contributed by atoms with Crippen molar-refractivity contribution in [3.63, 3.8) is 0 Å². The largest absolute Gasteiger partial charge is 0.496 e. The van der Waals surface area contributed by atoms with Gasteiger partial charge in [-0.3, -0.25) is 9.52 Å². The summed E-state index contributed by atoms with van der Waals surface area (Å²) in [6.45, 7) is 11.3. The summed E-state index contributed by atoms with van der Waals surface area (Å²) in [5, 5.41) is 1.09. The zero-order valence-electron chi connectivity index (χ0n) is 25.8. The van der Waals surface area contributed by atoms with Crippen LogP contribution >= 0.6 is 0 Å². The highest BCUT2D eigenvalue weighted by Crippen LogP contribution is 2.25. The Hall–Kier alpha value is -5.21. The van der Waals surface area contributed by atoms with Gasteiger partial charge in [0.2, 0.25) is 0 Å². The van der Waals surface area contributed by atoms with Crippen LogP contribution in [0.2, 0.25) is 0 Å². The van der Waals surface area contributed by atoms with Crippen molar-refractivity contribution in [3.8, 4) is 17.2 Å². The first-order valence-electron chi connectivity index (χ1n) is 14.4. The lowest BCUT2D eigenvalue weighted by Gasteiger charge is -2.13. The average molecular weight is 623 g/mol. The predicted octanol–water partition coefficient (Wildman–Crippen LogP) is 8.24. The Morgan fingerprint density at radius 2 is 1.47 bits per heavy atom. The van der Waals surface area contributed by atoms with Crippen molar-refractivity contribution >= 4 is 27.8 Å². The van der Waals surface area contributed by atoms with Crippen LogP contribution in [0.25, 0.3) is 10.9 Å². The highest BCUT2D eigenvalue weighted by molar-refractivity contribution is 7.83. The summed E-state index contributed by atoms with van der Waals surface area (Å²) in [4.78, 5) is 17.8. The number of hydrogen-bond donors (Lipinski definition) is 1. The maximum Gasteiger partial charge on any atom is 0.263 e. The summed E-state index contributed by atoms with van der Waals surface area (Å²) >= 11 is 0. The van der Waals surface area contributed by atoms with E-state index in [0.717, 1.165) is 22.2 Å². The van der Waals surface area contributed by atoms with Gasteiger partial charge in [-0.2, -0.15) is 0 Å². The maximum absolute atomic E-state index is 12.6. The topological polar surface area (TPSA) is 86.8 Å². The molecule has 5 aromatic rings. The van der Waals surface area contributed by atoms with Gasteiger partial charge < -0.3 is 14.2 Å². The Morgan fingerprint density at radius 1 is 0.800 bits per heavy atom. The van der Waals surface area contributed by atoms with Crippen LogP contribution in [0.4, 0.5) is 0 Å². The molecule has 0 fully saturated rings. The van der Waals surface area contributed by atoms with Crippen LogP contribution < -0.4 is 18.9 Å². The minimum atomic E-state index is -1.66. The lowest BCUT2D eigenvalue weighted by molar-refractivity contribution is 0.0982. The van der Waals surface area contributed by atoms with E-state index in [1.165, 1.54) is 7.11 Å². The molecule has 0 spiro atoms. The molecule has 0 saturated heterocycles. The molecule has 1 heterocycles. The molecule has 0 radical (unpaired) electrons. The number of fused-ring (bicyclic) bond motifs is 1. The maximum atomic E-state index is 12.6. The van der Waals surface area contributed by atoms with Gasteiger partial charge in [0.25, 0.3) is 5.91 Å². The Labute approximate surface area is 267 Å². The lowest BCUT2D eigenvalue weighted by atomic mass is 10.1. The van der Waals surface area contributed by atoms with E-state index in [1.54, 1.807) is 54.6 Å². The number of benzene rings is 4. The van der Waals surface area contributed by atoms with Crippen molar-refractivity contribution in [2.45, 2.75) is 32.0 Å². The van der Waals surface area contributed by atoms with Gasteiger partial charge in [-0.05, 0) is 48.5 Å². The van der Waals surface area contributed by atoms with E-state index in [0.29, 0.717) is 34.3 Å². The molecule has 1 aromatic heterocycles. The van der Waals surface area contributed by atoms with Crippen LogP contribution in [0.1, 0.15) is 35.5 Å². The number of carbonyl (C=O) groups is 1. The number of carbonyl (C=O) groups excluding carboxylic acids is 1. The second-order valence-electron chi connectivity index (χ2n) is 9.06. The smallest absolute Gasteiger partial charge is 0.263 e. The molecule has 8 heteroatoms. The van der Waals surface area contributed by atoms with E-state index in [-0.39, 0.29) is 6.61 Å². The summed E-state index contributed by atoms with van der Waals surface area (Å²) in [7, 11) is -0.134. The van der Waals surface area contributed by atoms with Crippen molar-refractivity contribution < 1.29 is 23.2 Å². The molecule has 1 amide bonds. The van der Waals surface area contributed by atoms with Gasteiger partial charge in [0.1, 0.15) is 30.5 Å². The van der Waals surface area contributed by atoms with E-state index >= 15 is 0 Å². The third-order valence-corrected chi connectivity index (χ3v) is 7.17. The number of amides is 1.